The van der Waals surface area contributed by atoms with Crippen molar-refractivity contribution < 1.29 is 9.59 Å². The Morgan fingerprint density at radius 1 is 0.650 bits per heavy atom. The van der Waals surface area contributed by atoms with Crippen LogP contribution in [-0.4, -0.2) is 12.2 Å². The van der Waals surface area contributed by atoms with Crippen LogP contribution in [-0.2, 0) is 22.7 Å². The van der Waals surface area contributed by atoms with Gasteiger partial charge in [-0.25, -0.2) is 19.6 Å². The Morgan fingerprint density at radius 2 is 1.00 bits per heavy atom. The molecule has 0 saturated carbocycles. The van der Waals surface area contributed by atoms with Crippen LogP contribution in [0.5, 0.6) is 0 Å². The topological polar surface area (TPSA) is 58.9 Å². The summed E-state index contributed by atoms with van der Waals surface area (Å²) in [7, 11) is 0. The van der Waals surface area contributed by atoms with Crippen LogP contribution in [0.25, 0.3) is 0 Å². The molecule has 0 atom stereocenters. The van der Waals surface area contributed by atoms with Gasteiger partial charge in [0.05, 0.1) is 13.1 Å². The molecule has 0 aliphatic heterocycles. The van der Waals surface area contributed by atoms with Gasteiger partial charge >= 0.3 is 0 Å². The second-order valence-electron chi connectivity index (χ2n) is 3.74. The van der Waals surface area contributed by atoms with E-state index in [4.69, 9.17) is 0 Å². The van der Waals surface area contributed by atoms with Crippen molar-refractivity contribution in [3.63, 3.8) is 0 Å². The second kappa shape index (κ2) is 10.2. The minimum atomic E-state index is 0.272. The number of isocyanates is 2. The number of hydrogen-bond donors (Lipinski definition) is 0. The molecule has 20 heavy (non-hydrogen) atoms. The lowest BCUT2D eigenvalue weighted by Crippen LogP contribution is -1.90. The minimum absolute atomic E-state index is 0.272. The van der Waals surface area contributed by atoms with Crippen LogP contribution in [0.4, 0.5) is 0 Å². The summed E-state index contributed by atoms with van der Waals surface area (Å²) in [5, 5.41) is 0. The molecule has 0 amide bonds. The zero-order chi connectivity index (χ0) is 14.5. The van der Waals surface area contributed by atoms with Crippen LogP contribution in [0.15, 0.2) is 70.6 Å². The maximum absolute atomic E-state index is 9.93. The normalized spacial score (nSPS) is 8.40. The summed E-state index contributed by atoms with van der Waals surface area (Å²) in [6, 6.07) is 19.3. The van der Waals surface area contributed by atoms with Crippen LogP contribution in [0, 0.1) is 0 Å². The molecule has 0 bridgehead atoms. The van der Waals surface area contributed by atoms with Gasteiger partial charge in [-0.05, 0) is 11.1 Å². The van der Waals surface area contributed by atoms with E-state index in [1.807, 2.05) is 60.7 Å². The molecule has 2 aromatic carbocycles. The van der Waals surface area contributed by atoms with Gasteiger partial charge in [0.2, 0.25) is 12.2 Å². The number of aliphatic imine (C=N–C) groups is 2. The lowest BCUT2D eigenvalue weighted by molar-refractivity contribution is 0.561. The van der Waals surface area contributed by atoms with Crippen LogP contribution in [0.1, 0.15) is 11.1 Å². The third-order valence-corrected chi connectivity index (χ3v) is 2.41. The molecule has 0 unspecified atom stereocenters. The summed E-state index contributed by atoms with van der Waals surface area (Å²) in [6.07, 6.45) is 2.93. The molecule has 0 spiro atoms. The van der Waals surface area contributed by atoms with E-state index in [-0.39, 0.29) is 13.1 Å². The molecule has 4 heteroatoms. The molecular weight excluding hydrogens is 252 g/mol. The zero-order valence-corrected chi connectivity index (χ0v) is 10.9. The number of hydrogen-bond acceptors (Lipinski definition) is 4. The summed E-state index contributed by atoms with van der Waals surface area (Å²) in [4.78, 5) is 26.8. The van der Waals surface area contributed by atoms with Crippen LogP contribution in [0.2, 0.25) is 0 Å². The third kappa shape index (κ3) is 6.22. The molecule has 0 radical (unpaired) electrons. The van der Waals surface area contributed by atoms with Crippen LogP contribution in [0.3, 0.4) is 0 Å². The average Bonchev–Trinajstić information content (AvgIpc) is 2.54. The lowest BCUT2D eigenvalue weighted by atomic mass is 10.1. The summed E-state index contributed by atoms with van der Waals surface area (Å²) in [5.41, 5.74) is 1.74. The fourth-order valence-corrected chi connectivity index (χ4v) is 1.49. The van der Waals surface area contributed by atoms with Gasteiger partial charge in [0.1, 0.15) is 0 Å². The number of nitrogens with zero attached hydrogens (tertiary/aromatic N) is 2. The molecule has 0 fully saturated rings. The Bertz CT molecular complexity index is 533. The third-order valence-electron chi connectivity index (χ3n) is 2.41. The number of benzene rings is 2. The predicted molar refractivity (Wildman–Crippen MR) is 76.5 cm³/mol. The SMILES string of the molecule is O=C=NCc1ccccc1CN=C=O.c1ccccc1. The average molecular weight is 266 g/mol. The van der Waals surface area contributed by atoms with Crippen molar-refractivity contribution in [3.8, 4) is 0 Å². The minimum Gasteiger partial charge on any atom is -0.211 e. The Hall–Kier alpha value is -2.80. The fourth-order valence-electron chi connectivity index (χ4n) is 1.49. The highest BCUT2D eigenvalue weighted by atomic mass is 16.1. The number of rotatable bonds is 4. The largest absolute Gasteiger partial charge is 0.235 e. The molecule has 0 aliphatic carbocycles. The molecule has 2 rings (SSSR count). The predicted octanol–water partition coefficient (Wildman–Crippen LogP) is 3.04. The highest BCUT2D eigenvalue weighted by Crippen LogP contribution is 2.10. The molecule has 0 aliphatic rings. The van der Waals surface area contributed by atoms with Crippen LogP contribution >= 0.6 is 0 Å². The maximum atomic E-state index is 9.93. The highest BCUT2D eigenvalue weighted by Gasteiger charge is 1.99. The van der Waals surface area contributed by atoms with E-state index < -0.39 is 0 Å². The Morgan fingerprint density at radius 3 is 1.30 bits per heavy atom. The first-order valence-electron chi connectivity index (χ1n) is 6.02. The van der Waals surface area contributed by atoms with E-state index in [0.29, 0.717) is 0 Å². The van der Waals surface area contributed by atoms with E-state index in [9.17, 15) is 9.59 Å². The standard InChI is InChI=1S/C10H8N2O2.C6H6/c13-7-11-5-9-3-1-2-4-10(9)6-12-8-14;1-2-4-6-5-3-1/h1-4H,5-6H2;1-6H. The Labute approximate surface area is 117 Å². The van der Waals surface area contributed by atoms with Gasteiger partial charge in [-0.1, -0.05) is 60.7 Å². The van der Waals surface area contributed by atoms with Gasteiger partial charge in [0.25, 0.3) is 0 Å². The Kier molecular flexibility index (Phi) is 7.75. The van der Waals surface area contributed by atoms with E-state index in [1.54, 1.807) is 0 Å². The van der Waals surface area contributed by atoms with Crippen molar-refractivity contribution in [2.24, 2.45) is 9.98 Å². The van der Waals surface area contributed by atoms with Crippen molar-refractivity contribution >= 4 is 12.2 Å². The monoisotopic (exact) mass is 266 g/mol. The molecule has 2 aromatic rings. The second-order valence-corrected chi connectivity index (χ2v) is 3.74. The van der Waals surface area contributed by atoms with E-state index >= 15 is 0 Å². The number of carbonyl (C=O) groups excluding carboxylic acids is 2. The van der Waals surface area contributed by atoms with Gasteiger partial charge in [-0.3, -0.25) is 0 Å². The molecule has 100 valence electrons. The molecule has 0 aromatic heterocycles. The Balaban J connectivity index is 0.000000276. The first kappa shape index (κ1) is 15.3. The summed E-state index contributed by atoms with van der Waals surface area (Å²) >= 11 is 0. The van der Waals surface area contributed by atoms with Crippen LogP contribution < -0.4 is 0 Å². The maximum Gasteiger partial charge on any atom is 0.235 e. The van der Waals surface area contributed by atoms with Crippen molar-refractivity contribution in [2.45, 2.75) is 13.1 Å². The molecule has 0 heterocycles. The molecular formula is C16H14N2O2. The van der Waals surface area contributed by atoms with E-state index in [2.05, 4.69) is 9.98 Å². The summed E-state index contributed by atoms with van der Waals surface area (Å²) in [6.45, 7) is 0.544. The summed E-state index contributed by atoms with van der Waals surface area (Å²) in [5.74, 6) is 0. The quantitative estimate of drug-likeness (QED) is 0.630. The first-order valence-corrected chi connectivity index (χ1v) is 6.02. The van der Waals surface area contributed by atoms with E-state index in [1.165, 1.54) is 12.2 Å². The fraction of sp³-hybridized carbons (Fsp3) is 0.125. The smallest absolute Gasteiger partial charge is 0.211 e. The van der Waals surface area contributed by atoms with Crippen molar-refractivity contribution in [3.05, 3.63) is 71.8 Å². The van der Waals surface area contributed by atoms with Crippen molar-refractivity contribution in [1.82, 2.24) is 0 Å². The molecule has 4 nitrogen and oxygen atoms in total. The zero-order valence-electron chi connectivity index (χ0n) is 10.9. The van der Waals surface area contributed by atoms with Gasteiger partial charge in [0.15, 0.2) is 0 Å². The van der Waals surface area contributed by atoms with Gasteiger partial charge < -0.3 is 0 Å². The lowest BCUT2D eigenvalue weighted by Gasteiger charge is -2.01. The molecule has 0 N–H and O–H groups in total. The molecule has 0 saturated heterocycles. The van der Waals surface area contributed by atoms with Gasteiger partial charge in [0, 0.05) is 0 Å². The highest BCUT2D eigenvalue weighted by molar-refractivity contribution is 5.37. The summed E-state index contributed by atoms with van der Waals surface area (Å²) < 4.78 is 0. The van der Waals surface area contributed by atoms with Gasteiger partial charge in [-0.15, -0.1) is 0 Å². The van der Waals surface area contributed by atoms with Gasteiger partial charge in [-0.2, -0.15) is 0 Å². The van der Waals surface area contributed by atoms with E-state index in [0.717, 1.165) is 11.1 Å². The first-order chi connectivity index (χ1) is 9.88. The van der Waals surface area contributed by atoms with Crippen molar-refractivity contribution in [1.29, 1.82) is 0 Å². The van der Waals surface area contributed by atoms with Crippen molar-refractivity contribution in [2.75, 3.05) is 0 Å².